The third-order valence-corrected chi connectivity index (χ3v) is 4.14. The minimum absolute atomic E-state index is 0.319. The number of rotatable bonds is 8. The van der Waals surface area contributed by atoms with Crippen molar-refractivity contribution in [1.82, 2.24) is 15.6 Å². The number of amides is 1. The van der Waals surface area contributed by atoms with Crippen LogP contribution in [0.2, 0.25) is 0 Å². The van der Waals surface area contributed by atoms with E-state index in [4.69, 9.17) is 14.2 Å². The predicted octanol–water partition coefficient (Wildman–Crippen LogP) is 3.26. The molecule has 0 saturated carbocycles. The molecule has 29 heavy (non-hydrogen) atoms. The maximum atomic E-state index is 12.2. The molecule has 2 aromatic carbocycles. The Hall–Kier alpha value is -3.81. The summed E-state index contributed by atoms with van der Waals surface area (Å²) < 4.78 is 16.0. The first kappa shape index (κ1) is 19.9. The molecule has 0 aliphatic rings. The van der Waals surface area contributed by atoms with Crippen LogP contribution in [0.3, 0.4) is 0 Å². The van der Waals surface area contributed by atoms with Gasteiger partial charge in [-0.3, -0.25) is 9.89 Å². The highest BCUT2D eigenvalue weighted by Crippen LogP contribution is 2.32. The van der Waals surface area contributed by atoms with Gasteiger partial charge in [0.25, 0.3) is 5.91 Å². The van der Waals surface area contributed by atoms with Gasteiger partial charge >= 0.3 is 0 Å². The summed E-state index contributed by atoms with van der Waals surface area (Å²) in [5.74, 6) is 1.63. The molecule has 3 aromatic rings. The van der Waals surface area contributed by atoms with Gasteiger partial charge in [0, 0.05) is 16.7 Å². The van der Waals surface area contributed by atoms with Gasteiger partial charge in [-0.1, -0.05) is 0 Å². The van der Waals surface area contributed by atoms with Gasteiger partial charge in [0.05, 0.1) is 38.9 Å². The molecule has 2 N–H and O–H groups in total. The molecule has 0 aliphatic carbocycles. The average Bonchev–Trinajstić information content (AvgIpc) is 3.22. The summed E-state index contributed by atoms with van der Waals surface area (Å²) in [4.78, 5) is 12.2. The zero-order chi connectivity index (χ0) is 20.6. The van der Waals surface area contributed by atoms with E-state index in [9.17, 15) is 4.79 Å². The number of H-pyrrole nitrogens is 1. The lowest BCUT2D eigenvalue weighted by molar-refractivity contribution is 0.0955. The first-order chi connectivity index (χ1) is 14.2. The van der Waals surface area contributed by atoms with Crippen molar-refractivity contribution in [3.63, 3.8) is 0 Å². The lowest BCUT2D eigenvalue weighted by Gasteiger charge is -2.09. The maximum Gasteiger partial charge on any atom is 0.271 e. The number of ether oxygens (including phenoxy) is 3. The number of nitrogens with zero attached hydrogens (tertiary/aromatic N) is 2. The van der Waals surface area contributed by atoms with Gasteiger partial charge in [-0.15, -0.1) is 0 Å². The topological polar surface area (TPSA) is 97.8 Å². The molecular formula is C21H22N4O4. The first-order valence-corrected chi connectivity index (χ1v) is 8.98. The standard InChI is InChI=1S/C21H22N4O4/c1-4-29-17-8-5-14(6-9-17)21(26)25-23-13-16-12-22-24-20(16)15-7-10-18(27-2)19(11-15)28-3/h5-13H,4H2,1-3H3,(H,22,24)(H,25,26)/b23-13-. The summed E-state index contributed by atoms with van der Waals surface area (Å²) in [5, 5.41) is 11.0. The fraction of sp³-hybridized carbons (Fsp3) is 0.190. The Kier molecular flexibility index (Phi) is 6.47. The summed E-state index contributed by atoms with van der Waals surface area (Å²) in [6.45, 7) is 2.48. The molecule has 1 aromatic heterocycles. The van der Waals surface area contributed by atoms with Crippen molar-refractivity contribution in [1.29, 1.82) is 0 Å². The van der Waals surface area contributed by atoms with E-state index in [2.05, 4.69) is 20.7 Å². The van der Waals surface area contributed by atoms with E-state index in [0.717, 1.165) is 11.3 Å². The number of aromatic amines is 1. The molecular weight excluding hydrogens is 372 g/mol. The molecule has 1 heterocycles. The monoisotopic (exact) mass is 394 g/mol. The third kappa shape index (κ3) is 4.73. The minimum atomic E-state index is -0.319. The summed E-state index contributed by atoms with van der Waals surface area (Å²) in [7, 11) is 3.16. The van der Waals surface area contributed by atoms with Crippen LogP contribution in [-0.2, 0) is 0 Å². The van der Waals surface area contributed by atoms with Crippen molar-refractivity contribution < 1.29 is 19.0 Å². The second-order valence-electron chi connectivity index (χ2n) is 5.93. The molecule has 0 radical (unpaired) electrons. The normalized spacial score (nSPS) is 10.7. The fourth-order valence-electron chi connectivity index (χ4n) is 2.71. The van der Waals surface area contributed by atoms with Crippen molar-refractivity contribution in [2.24, 2.45) is 5.10 Å². The van der Waals surface area contributed by atoms with Gasteiger partial charge in [0.2, 0.25) is 0 Å². The third-order valence-electron chi connectivity index (χ3n) is 4.14. The first-order valence-electron chi connectivity index (χ1n) is 8.98. The zero-order valence-corrected chi connectivity index (χ0v) is 16.4. The van der Waals surface area contributed by atoms with Crippen molar-refractivity contribution in [3.8, 4) is 28.5 Å². The largest absolute Gasteiger partial charge is 0.494 e. The van der Waals surface area contributed by atoms with E-state index >= 15 is 0 Å². The van der Waals surface area contributed by atoms with Crippen molar-refractivity contribution in [2.45, 2.75) is 6.92 Å². The number of methoxy groups -OCH3 is 2. The quantitative estimate of drug-likeness (QED) is 0.451. The number of carbonyl (C=O) groups excluding carboxylic acids is 1. The van der Waals surface area contributed by atoms with Gasteiger partial charge in [-0.25, -0.2) is 5.43 Å². The number of hydrogen-bond acceptors (Lipinski definition) is 6. The summed E-state index contributed by atoms with van der Waals surface area (Å²) in [6, 6.07) is 12.4. The second kappa shape index (κ2) is 9.41. The van der Waals surface area contributed by atoms with Crippen LogP contribution in [0.5, 0.6) is 17.2 Å². The van der Waals surface area contributed by atoms with E-state index in [-0.39, 0.29) is 5.91 Å². The van der Waals surface area contributed by atoms with Crippen LogP contribution >= 0.6 is 0 Å². The molecule has 0 atom stereocenters. The molecule has 0 unspecified atom stereocenters. The molecule has 0 aliphatic heterocycles. The van der Waals surface area contributed by atoms with Crippen molar-refractivity contribution in [3.05, 3.63) is 59.8 Å². The number of aromatic nitrogens is 2. The fourth-order valence-corrected chi connectivity index (χ4v) is 2.71. The highest BCUT2D eigenvalue weighted by molar-refractivity contribution is 5.95. The number of benzene rings is 2. The maximum absolute atomic E-state index is 12.2. The predicted molar refractivity (Wildman–Crippen MR) is 110 cm³/mol. The smallest absolute Gasteiger partial charge is 0.271 e. The Morgan fingerprint density at radius 2 is 1.90 bits per heavy atom. The number of carbonyl (C=O) groups is 1. The van der Waals surface area contributed by atoms with Crippen LogP contribution in [0.1, 0.15) is 22.8 Å². The number of nitrogens with one attached hydrogen (secondary N) is 2. The SMILES string of the molecule is CCOc1ccc(C(=O)N/N=C\c2cn[nH]c2-c2ccc(OC)c(OC)c2)cc1. The minimum Gasteiger partial charge on any atom is -0.494 e. The Morgan fingerprint density at radius 1 is 1.14 bits per heavy atom. The molecule has 3 rings (SSSR count). The van der Waals surface area contributed by atoms with Crippen molar-refractivity contribution in [2.75, 3.05) is 20.8 Å². The molecule has 8 nitrogen and oxygen atoms in total. The lowest BCUT2D eigenvalue weighted by Crippen LogP contribution is -2.17. The number of hydrogen-bond donors (Lipinski definition) is 2. The molecule has 150 valence electrons. The highest BCUT2D eigenvalue weighted by atomic mass is 16.5. The van der Waals surface area contributed by atoms with Gasteiger partial charge < -0.3 is 14.2 Å². The molecule has 0 spiro atoms. The summed E-state index contributed by atoms with van der Waals surface area (Å²) in [6.07, 6.45) is 3.15. The summed E-state index contributed by atoms with van der Waals surface area (Å²) in [5.41, 5.74) is 5.30. The Morgan fingerprint density at radius 3 is 2.59 bits per heavy atom. The Balaban J connectivity index is 1.71. The van der Waals surface area contributed by atoms with E-state index in [1.54, 1.807) is 44.7 Å². The van der Waals surface area contributed by atoms with Crippen LogP contribution in [0.4, 0.5) is 0 Å². The van der Waals surface area contributed by atoms with Crippen LogP contribution in [0.15, 0.2) is 53.8 Å². The zero-order valence-electron chi connectivity index (χ0n) is 16.4. The van der Waals surface area contributed by atoms with Gasteiger partial charge in [-0.2, -0.15) is 10.2 Å². The van der Waals surface area contributed by atoms with Crippen molar-refractivity contribution >= 4 is 12.1 Å². The highest BCUT2D eigenvalue weighted by Gasteiger charge is 2.11. The van der Waals surface area contributed by atoms with Gasteiger partial charge in [-0.05, 0) is 49.4 Å². The van der Waals surface area contributed by atoms with E-state index in [1.807, 2.05) is 25.1 Å². The second-order valence-corrected chi connectivity index (χ2v) is 5.93. The molecule has 0 bridgehead atoms. The van der Waals surface area contributed by atoms with E-state index in [0.29, 0.717) is 35.0 Å². The molecule has 8 heteroatoms. The van der Waals surface area contributed by atoms with Gasteiger partial charge in [0.1, 0.15) is 5.75 Å². The Labute approximate surface area is 168 Å². The Bertz CT molecular complexity index is 996. The molecule has 0 fully saturated rings. The van der Waals surface area contributed by atoms with Crippen LogP contribution in [0, 0.1) is 0 Å². The summed E-state index contributed by atoms with van der Waals surface area (Å²) >= 11 is 0. The van der Waals surface area contributed by atoms with E-state index < -0.39 is 0 Å². The van der Waals surface area contributed by atoms with Crippen LogP contribution < -0.4 is 19.6 Å². The molecule has 1 amide bonds. The van der Waals surface area contributed by atoms with E-state index in [1.165, 1.54) is 6.21 Å². The lowest BCUT2D eigenvalue weighted by atomic mass is 10.1. The van der Waals surface area contributed by atoms with Crippen LogP contribution in [-0.4, -0.2) is 43.1 Å². The number of hydrazone groups is 1. The van der Waals surface area contributed by atoms with Crippen LogP contribution in [0.25, 0.3) is 11.3 Å². The average molecular weight is 394 g/mol. The molecule has 0 saturated heterocycles. The van der Waals surface area contributed by atoms with Gasteiger partial charge in [0.15, 0.2) is 11.5 Å².